The van der Waals surface area contributed by atoms with Crippen LogP contribution in [0.15, 0.2) is 30.3 Å². The van der Waals surface area contributed by atoms with Gasteiger partial charge in [0.15, 0.2) is 24.1 Å². The lowest BCUT2D eigenvalue weighted by atomic mass is 9.95. The van der Waals surface area contributed by atoms with Crippen molar-refractivity contribution in [3.8, 4) is 16.9 Å². The standard InChI is InChI=1S/C39H61FN4O6Si3/c1-12-28-22-35(50-26-49-17-20-53(9,10)11)33(40)23-31(28)29-13-14-30-34(21-29)42-43-37(30)32(24-47-15-18-51(3,4)5)38-41-36(39(45)46)27(2)44(38)25-48-16-19-52(6,7)8/h13-14,21-23,32H,12,15-20,24-26H2,1-11H3,(H,42,43)(H,45,46). The van der Waals surface area contributed by atoms with Gasteiger partial charge in [0, 0.05) is 49.4 Å². The third-order valence-electron chi connectivity index (χ3n) is 9.34. The van der Waals surface area contributed by atoms with Crippen molar-refractivity contribution in [2.24, 2.45) is 0 Å². The smallest absolute Gasteiger partial charge is 0.356 e. The number of carbonyl (C=O) groups is 1. The van der Waals surface area contributed by atoms with Crippen LogP contribution in [0.2, 0.25) is 77.1 Å². The number of ether oxygens (including phenoxy) is 4. The summed E-state index contributed by atoms with van der Waals surface area (Å²) < 4.78 is 41.1. The molecule has 14 heteroatoms. The lowest BCUT2D eigenvalue weighted by Gasteiger charge is -2.21. The van der Waals surface area contributed by atoms with Gasteiger partial charge in [0.25, 0.3) is 0 Å². The second-order valence-electron chi connectivity index (χ2n) is 17.6. The second kappa shape index (κ2) is 18.0. The zero-order valence-electron chi connectivity index (χ0n) is 33.7. The predicted octanol–water partition coefficient (Wildman–Crippen LogP) is 9.62. The Balaban J connectivity index is 1.68. The van der Waals surface area contributed by atoms with Gasteiger partial charge in [-0.1, -0.05) is 78.0 Å². The molecule has 0 aliphatic heterocycles. The van der Waals surface area contributed by atoms with Crippen LogP contribution in [0, 0.1) is 12.7 Å². The Kier molecular flexibility index (Phi) is 14.5. The highest BCUT2D eigenvalue weighted by atomic mass is 28.3. The molecule has 0 aliphatic carbocycles. The normalized spacial score (nSPS) is 13.2. The Morgan fingerprint density at radius 1 is 0.906 bits per heavy atom. The highest BCUT2D eigenvalue weighted by Gasteiger charge is 2.30. The van der Waals surface area contributed by atoms with E-state index in [1.54, 1.807) is 13.0 Å². The zero-order chi connectivity index (χ0) is 39.1. The summed E-state index contributed by atoms with van der Waals surface area (Å²) in [6, 6.07) is 12.2. The SMILES string of the molecule is CCc1cc(OCOCC[Si](C)(C)C)c(F)cc1-c1ccc2c(C(COCC[Si](C)(C)C)c3nc(C(=O)O)c(C)n3COCC[Si](C)(C)C)[nH]nc2c1. The molecule has 0 fully saturated rings. The van der Waals surface area contributed by atoms with Crippen LogP contribution >= 0.6 is 0 Å². The van der Waals surface area contributed by atoms with Gasteiger partial charge in [-0.05, 0) is 66.4 Å². The highest BCUT2D eigenvalue weighted by Crippen LogP contribution is 2.36. The zero-order valence-corrected chi connectivity index (χ0v) is 36.7. The number of hydrogen-bond acceptors (Lipinski definition) is 7. The summed E-state index contributed by atoms with van der Waals surface area (Å²) in [5.74, 6) is -1.27. The number of imidazole rings is 1. The second-order valence-corrected chi connectivity index (χ2v) is 34.4. The Labute approximate surface area is 317 Å². The van der Waals surface area contributed by atoms with Gasteiger partial charge >= 0.3 is 5.97 Å². The molecule has 0 saturated carbocycles. The lowest BCUT2D eigenvalue weighted by molar-refractivity contribution is 0.0197. The number of nitrogens with zero attached hydrogens (tertiary/aromatic N) is 3. The van der Waals surface area contributed by atoms with E-state index in [9.17, 15) is 9.90 Å². The molecule has 10 nitrogen and oxygen atoms in total. The van der Waals surface area contributed by atoms with Crippen molar-refractivity contribution in [2.45, 2.75) is 110 Å². The van der Waals surface area contributed by atoms with Crippen LogP contribution < -0.4 is 4.74 Å². The fourth-order valence-corrected chi connectivity index (χ4v) is 8.13. The summed E-state index contributed by atoms with van der Waals surface area (Å²) in [6.45, 7) is 26.7. The minimum atomic E-state index is -1.36. The number of hydrogen-bond donors (Lipinski definition) is 2. The van der Waals surface area contributed by atoms with Crippen molar-refractivity contribution in [3.05, 3.63) is 64.6 Å². The molecule has 2 aromatic carbocycles. The van der Waals surface area contributed by atoms with Gasteiger partial charge in [0.2, 0.25) is 0 Å². The first-order valence-corrected chi connectivity index (χ1v) is 29.9. The molecule has 1 unspecified atom stereocenters. The van der Waals surface area contributed by atoms with Crippen LogP contribution in [0.1, 0.15) is 46.1 Å². The Hall–Kier alpha value is -3.15. The van der Waals surface area contributed by atoms with Crippen LogP contribution in [0.25, 0.3) is 22.0 Å². The quantitative estimate of drug-likeness (QED) is 0.0487. The van der Waals surface area contributed by atoms with Crippen LogP contribution in [-0.2, 0) is 27.4 Å². The molecule has 0 spiro atoms. The van der Waals surface area contributed by atoms with E-state index in [0.717, 1.165) is 45.9 Å². The number of aromatic amines is 1. The first-order valence-electron chi connectivity index (χ1n) is 18.7. The van der Waals surface area contributed by atoms with Crippen molar-refractivity contribution in [1.82, 2.24) is 19.7 Å². The average Bonchev–Trinajstić information content (AvgIpc) is 3.62. The summed E-state index contributed by atoms with van der Waals surface area (Å²) in [5, 5.41) is 18.9. The number of nitrogens with one attached hydrogen (secondary N) is 1. The van der Waals surface area contributed by atoms with Crippen LogP contribution in [0.3, 0.4) is 0 Å². The van der Waals surface area contributed by atoms with Crippen molar-refractivity contribution < 1.29 is 33.2 Å². The molecule has 1 atom stereocenters. The van der Waals surface area contributed by atoms with E-state index >= 15 is 4.39 Å². The van der Waals surface area contributed by atoms with Crippen molar-refractivity contribution in [1.29, 1.82) is 0 Å². The fraction of sp³-hybridized carbons (Fsp3) is 0.564. The van der Waals surface area contributed by atoms with E-state index in [2.05, 4.69) is 69.0 Å². The molecule has 0 amide bonds. The molecule has 0 saturated heterocycles. The number of aromatic carboxylic acids is 1. The number of carboxylic acid groups (broad SMARTS) is 1. The van der Waals surface area contributed by atoms with Gasteiger partial charge in [0.1, 0.15) is 12.6 Å². The Morgan fingerprint density at radius 3 is 2.13 bits per heavy atom. The van der Waals surface area contributed by atoms with E-state index in [4.69, 9.17) is 24.0 Å². The summed E-state index contributed by atoms with van der Waals surface area (Å²) >= 11 is 0. The summed E-state index contributed by atoms with van der Waals surface area (Å²) in [7, 11) is -3.92. The van der Waals surface area contributed by atoms with Crippen molar-refractivity contribution in [3.63, 3.8) is 0 Å². The van der Waals surface area contributed by atoms with Crippen molar-refractivity contribution in [2.75, 3.05) is 33.2 Å². The van der Waals surface area contributed by atoms with E-state index in [1.165, 1.54) is 6.07 Å². The first kappa shape index (κ1) is 42.6. The maximum absolute atomic E-state index is 15.4. The minimum absolute atomic E-state index is 0.00521. The molecule has 4 aromatic rings. The van der Waals surface area contributed by atoms with E-state index in [1.807, 2.05) is 29.7 Å². The van der Waals surface area contributed by atoms with Gasteiger partial charge in [-0.25, -0.2) is 14.2 Å². The van der Waals surface area contributed by atoms with E-state index < -0.39 is 41.9 Å². The fourth-order valence-electron chi connectivity index (χ4n) is 5.86. The predicted molar refractivity (Wildman–Crippen MR) is 219 cm³/mol. The molecule has 0 radical (unpaired) electrons. The molecule has 0 aliphatic rings. The number of fused-ring (bicyclic) bond motifs is 1. The third-order valence-corrected chi connectivity index (χ3v) is 14.5. The lowest BCUT2D eigenvalue weighted by Crippen LogP contribution is -2.24. The Bertz CT molecular complexity index is 1840. The highest BCUT2D eigenvalue weighted by molar-refractivity contribution is 6.76. The minimum Gasteiger partial charge on any atom is -0.476 e. The summed E-state index contributed by atoms with van der Waals surface area (Å²) in [4.78, 5) is 17.0. The summed E-state index contributed by atoms with van der Waals surface area (Å²) in [6.07, 6.45) is 0.678. The molecule has 53 heavy (non-hydrogen) atoms. The number of benzene rings is 2. The number of rotatable bonds is 21. The number of aryl methyl sites for hydroxylation is 1. The van der Waals surface area contributed by atoms with E-state index in [-0.39, 0.29) is 31.6 Å². The molecule has 2 aromatic heterocycles. The van der Waals surface area contributed by atoms with E-state index in [0.29, 0.717) is 43.3 Å². The van der Waals surface area contributed by atoms with Crippen LogP contribution in [0.4, 0.5) is 4.39 Å². The average molecular weight is 785 g/mol. The van der Waals surface area contributed by atoms with Gasteiger partial charge in [-0.3, -0.25) is 5.10 Å². The van der Waals surface area contributed by atoms with Crippen LogP contribution in [-0.4, -0.2) is 88.3 Å². The summed E-state index contributed by atoms with van der Waals surface area (Å²) in [5.41, 5.74) is 4.52. The first-order chi connectivity index (χ1) is 24.8. The third kappa shape index (κ3) is 12.2. The van der Waals surface area contributed by atoms with Gasteiger partial charge in [-0.15, -0.1) is 0 Å². The molecular weight excluding hydrogens is 724 g/mol. The number of H-pyrrole nitrogens is 1. The number of aromatic nitrogens is 4. The number of carboxylic acids is 1. The molecule has 2 heterocycles. The largest absolute Gasteiger partial charge is 0.476 e. The maximum Gasteiger partial charge on any atom is 0.356 e. The molecule has 4 rings (SSSR count). The molecule has 0 bridgehead atoms. The topological polar surface area (TPSA) is 121 Å². The Morgan fingerprint density at radius 2 is 1.53 bits per heavy atom. The number of halogens is 1. The van der Waals surface area contributed by atoms with Gasteiger partial charge < -0.3 is 28.6 Å². The monoisotopic (exact) mass is 784 g/mol. The van der Waals surface area contributed by atoms with Gasteiger partial charge in [-0.2, -0.15) is 5.10 Å². The molecule has 292 valence electrons. The van der Waals surface area contributed by atoms with Gasteiger partial charge in [0.05, 0.1) is 29.4 Å². The molecular formula is C39H61FN4O6Si3. The maximum atomic E-state index is 15.4. The van der Waals surface area contributed by atoms with Crippen molar-refractivity contribution >= 4 is 41.1 Å². The van der Waals surface area contributed by atoms with Crippen LogP contribution in [0.5, 0.6) is 5.75 Å². The molecule has 2 N–H and O–H groups in total.